The Morgan fingerprint density at radius 1 is 1.19 bits per heavy atom. The van der Waals surface area contributed by atoms with Gasteiger partial charge in [0.1, 0.15) is 5.82 Å². The Morgan fingerprint density at radius 3 is 2.50 bits per heavy atom. The average Bonchev–Trinajstić information content (AvgIpc) is 2.67. The second kappa shape index (κ2) is 10.1. The van der Waals surface area contributed by atoms with Crippen molar-refractivity contribution < 1.29 is 4.39 Å². The van der Waals surface area contributed by atoms with E-state index in [-0.39, 0.29) is 5.82 Å². The van der Waals surface area contributed by atoms with E-state index in [4.69, 9.17) is 0 Å². The standard InChI is InChI=1S/C23H31FN2/c1-5-7-8-11-18(3)23(19(4)26-16-14-25-15-17-26)20(6-2)21-12-9-10-13-22(21)24/h6-13,25H,5,14-17H2,1-4H3/b8-7+,18-11-,20-6-,23-19-. The molecule has 1 aromatic rings. The van der Waals surface area contributed by atoms with E-state index in [2.05, 4.69) is 49.2 Å². The Balaban J connectivity index is 2.57. The van der Waals surface area contributed by atoms with Gasteiger partial charge in [0.25, 0.3) is 0 Å². The van der Waals surface area contributed by atoms with Gasteiger partial charge in [-0.05, 0) is 44.4 Å². The first kappa shape index (κ1) is 20.2. The zero-order chi connectivity index (χ0) is 18.9. The van der Waals surface area contributed by atoms with E-state index in [9.17, 15) is 4.39 Å². The van der Waals surface area contributed by atoms with Crippen LogP contribution in [0.3, 0.4) is 0 Å². The minimum atomic E-state index is -0.178. The predicted molar refractivity (Wildman–Crippen MR) is 110 cm³/mol. The van der Waals surface area contributed by atoms with Gasteiger partial charge >= 0.3 is 0 Å². The molecule has 0 bridgehead atoms. The smallest absolute Gasteiger partial charge is 0.131 e. The van der Waals surface area contributed by atoms with Crippen molar-refractivity contribution in [3.8, 4) is 0 Å². The summed E-state index contributed by atoms with van der Waals surface area (Å²) >= 11 is 0. The van der Waals surface area contributed by atoms with Gasteiger partial charge in [0.15, 0.2) is 0 Å². The summed E-state index contributed by atoms with van der Waals surface area (Å²) in [5.74, 6) is -0.178. The maximum atomic E-state index is 14.5. The van der Waals surface area contributed by atoms with Gasteiger partial charge < -0.3 is 10.2 Å². The highest BCUT2D eigenvalue weighted by Crippen LogP contribution is 2.33. The molecule has 2 nitrogen and oxygen atoms in total. The van der Waals surface area contributed by atoms with Gasteiger partial charge in [-0.3, -0.25) is 0 Å². The Hall–Kier alpha value is -2.13. The summed E-state index contributed by atoms with van der Waals surface area (Å²) in [6.45, 7) is 12.3. The van der Waals surface area contributed by atoms with E-state index in [0.29, 0.717) is 5.56 Å². The molecule has 1 N–H and O–H groups in total. The molecule has 1 aromatic carbocycles. The van der Waals surface area contributed by atoms with Gasteiger partial charge in [-0.15, -0.1) is 0 Å². The predicted octanol–water partition coefficient (Wildman–Crippen LogP) is 5.32. The molecule has 0 amide bonds. The third-order valence-electron chi connectivity index (χ3n) is 4.79. The summed E-state index contributed by atoms with van der Waals surface area (Å²) in [6, 6.07) is 7.04. The number of hydrogen-bond donors (Lipinski definition) is 1. The first-order valence-electron chi connectivity index (χ1n) is 9.52. The Bertz CT molecular complexity index is 719. The van der Waals surface area contributed by atoms with Crippen LogP contribution >= 0.6 is 0 Å². The fourth-order valence-corrected chi connectivity index (χ4v) is 3.40. The molecule has 1 aliphatic rings. The lowest BCUT2D eigenvalue weighted by Crippen LogP contribution is -2.42. The first-order valence-corrected chi connectivity index (χ1v) is 9.52. The van der Waals surface area contributed by atoms with Gasteiger partial charge in [-0.2, -0.15) is 0 Å². The van der Waals surface area contributed by atoms with Crippen LogP contribution in [0.25, 0.3) is 5.57 Å². The highest BCUT2D eigenvalue weighted by molar-refractivity contribution is 5.84. The molecule has 26 heavy (non-hydrogen) atoms. The summed E-state index contributed by atoms with van der Waals surface area (Å²) in [6.07, 6.45) is 9.40. The first-order chi connectivity index (χ1) is 12.6. The Morgan fingerprint density at radius 2 is 1.88 bits per heavy atom. The van der Waals surface area contributed by atoms with Gasteiger partial charge in [0.2, 0.25) is 0 Å². The fourth-order valence-electron chi connectivity index (χ4n) is 3.40. The third-order valence-corrected chi connectivity index (χ3v) is 4.79. The highest BCUT2D eigenvalue weighted by Gasteiger charge is 2.19. The molecule has 0 aliphatic carbocycles. The number of hydrogen-bond acceptors (Lipinski definition) is 2. The molecule has 0 aromatic heterocycles. The van der Waals surface area contributed by atoms with Crippen molar-refractivity contribution in [2.75, 3.05) is 26.2 Å². The van der Waals surface area contributed by atoms with Crippen LogP contribution < -0.4 is 5.32 Å². The number of nitrogens with zero attached hydrogens (tertiary/aromatic N) is 1. The summed E-state index contributed by atoms with van der Waals surface area (Å²) in [7, 11) is 0. The number of halogens is 1. The average molecular weight is 355 g/mol. The normalized spacial score (nSPS) is 17.7. The highest BCUT2D eigenvalue weighted by atomic mass is 19.1. The van der Waals surface area contributed by atoms with Crippen LogP contribution in [0.4, 0.5) is 4.39 Å². The van der Waals surface area contributed by atoms with Crippen LogP contribution in [-0.4, -0.2) is 31.1 Å². The molecular formula is C23H31FN2. The summed E-state index contributed by atoms with van der Waals surface area (Å²) < 4.78 is 14.5. The van der Waals surface area contributed by atoms with Crippen LogP contribution in [0.1, 0.15) is 39.7 Å². The minimum Gasteiger partial charge on any atom is -0.372 e. The number of allylic oxidation sites excluding steroid dienone is 8. The lowest BCUT2D eigenvalue weighted by atomic mass is 9.90. The zero-order valence-electron chi connectivity index (χ0n) is 16.5. The van der Waals surface area contributed by atoms with Crippen LogP contribution in [0.2, 0.25) is 0 Å². The maximum absolute atomic E-state index is 14.5. The molecule has 2 rings (SSSR count). The minimum absolute atomic E-state index is 0.178. The number of benzene rings is 1. The van der Waals surface area contributed by atoms with E-state index in [0.717, 1.165) is 49.3 Å². The molecule has 3 heteroatoms. The van der Waals surface area contributed by atoms with E-state index < -0.39 is 0 Å². The van der Waals surface area contributed by atoms with E-state index in [1.165, 1.54) is 11.8 Å². The van der Waals surface area contributed by atoms with Crippen molar-refractivity contribution in [2.24, 2.45) is 0 Å². The Kier molecular flexibility index (Phi) is 7.86. The molecule has 1 fully saturated rings. The summed E-state index contributed by atoms with van der Waals surface area (Å²) in [5.41, 5.74) is 5.10. The molecule has 1 saturated heterocycles. The molecule has 1 aliphatic heterocycles. The van der Waals surface area contributed by atoms with Crippen molar-refractivity contribution in [1.29, 1.82) is 0 Å². The third kappa shape index (κ3) is 4.95. The van der Waals surface area contributed by atoms with Gasteiger partial charge in [0, 0.05) is 43.0 Å². The molecule has 0 radical (unpaired) electrons. The molecule has 140 valence electrons. The van der Waals surface area contributed by atoms with E-state index in [1.807, 2.05) is 25.1 Å². The molecule has 0 spiro atoms. The lowest BCUT2D eigenvalue weighted by molar-refractivity contribution is 0.298. The number of rotatable bonds is 6. The van der Waals surface area contributed by atoms with Crippen molar-refractivity contribution >= 4 is 5.57 Å². The van der Waals surface area contributed by atoms with Crippen LogP contribution in [0, 0.1) is 5.82 Å². The molecular weight excluding hydrogens is 323 g/mol. The van der Waals surface area contributed by atoms with Crippen LogP contribution in [-0.2, 0) is 0 Å². The lowest BCUT2D eigenvalue weighted by Gasteiger charge is -2.33. The SMILES string of the molecule is C\C=C(C(/C(C)=C\C=C\CC)=C(/C)N1CCNCC1)\c1ccccc1F. The van der Waals surface area contributed by atoms with Crippen LogP contribution in [0.5, 0.6) is 0 Å². The summed E-state index contributed by atoms with van der Waals surface area (Å²) in [5, 5.41) is 3.40. The van der Waals surface area contributed by atoms with Gasteiger partial charge in [-0.1, -0.05) is 49.4 Å². The van der Waals surface area contributed by atoms with Gasteiger partial charge in [-0.25, -0.2) is 4.39 Å². The monoisotopic (exact) mass is 354 g/mol. The van der Waals surface area contributed by atoms with Crippen molar-refractivity contribution in [2.45, 2.75) is 34.1 Å². The van der Waals surface area contributed by atoms with Crippen LogP contribution in [0.15, 0.2) is 65.4 Å². The quantitative estimate of drug-likeness (QED) is 0.696. The fraction of sp³-hybridized carbons (Fsp3) is 0.391. The van der Waals surface area contributed by atoms with Crippen molar-refractivity contribution in [3.05, 3.63) is 76.8 Å². The number of nitrogens with one attached hydrogen (secondary N) is 1. The van der Waals surface area contributed by atoms with E-state index in [1.54, 1.807) is 6.07 Å². The molecule has 0 saturated carbocycles. The molecule has 0 unspecified atom stereocenters. The topological polar surface area (TPSA) is 15.3 Å². The van der Waals surface area contributed by atoms with E-state index >= 15 is 0 Å². The molecule has 1 heterocycles. The van der Waals surface area contributed by atoms with Gasteiger partial charge in [0.05, 0.1) is 0 Å². The Labute approximate surface area is 157 Å². The second-order valence-corrected chi connectivity index (χ2v) is 6.57. The van der Waals surface area contributed by atoms with Crippen molar-refractivity contribution in [3.63, 3.8) is 0 Å². The summed E-state index contributed by atoms with van der Waals surface area (Å²) in [4.78, 5) is 2.40. The second-order valence-electron chi connectivity index (χ2n) is 6.57. The maximum Gasteiger partial charge on any atom is 0.131 e. The zero-order valence-corrected chi connectivity index (χ0v) is 16.5. The molecule has 0 atom stereocenters. The number of piperazine rings is 1. The largest absolute Gasteiger partial charge is 0.372 e. The van der Waals surface area contributed by atoms with Crippen molar-refractivity contribution in [1.82, 2.24) is 10.2 Å².